The lowest BCUT2D eigenvalue weighted by molar-refractivity contribution is -0.135. The van der Waals surface area contributed by atoms with Gasteiger partial charge in [-0.2, -0.15) is 4.31 Å². The molecule has 6 nitrogen and oxygen atoms in total. The molecule has 1 fully saturated rings. The Balaban J connectivity index is 1.77. The summed E-state index contributed by atoms with van der Waals surface area (Å²) in [5, 5.41) is 0.281. The number of rotatable bonds is 6. The van der Waals surface area contributed by atoms with Crippen LogP contribution in [0, 0.1) is 11.7 Å². The Labute approximate surface area is 181 Å². The molecular weight excluding hydrogens is 431 g/mol. The minimum atomic E-state index is -3.89. The van der Waals surface area contributed by atoms with Crippen molar-refractivity contribution in [2.45, 2.75) is 24.3 Å². The number of nitrogens with zero attached hydrogens (tertiary/aromatic N) is 2. The lowest BCUT2D eigenvalue weighted by atomic mass is 9.98. The number of methoxy groups -OCH3 is 1. The van der Waals surface area contributed by atoms with Crippen molar-refractivity contribution in [1.82, 2.24) is 9.21 Å². The molecule has 3 rings (SSSR count). The molecule has 0 spiro atoms. The summed E-state index contributed by atoms with van der Waals surface area (Å²) < 4.78 is 46.8. The van der Waals surface area contributed by atoms with E-state index in [1.54, 1.807) is 31.3 Å². The number of benzene rings is 2. The molecule has 30 heavy (non-hydrogen) atoms. The Morgan fingerprint density at radius 1 is 1.30 bits per heavy atom. The smallest absolute Gasteiger partial charge is 0.246 e. The van der Waals surface area contributed by atoms with Gasteiger partial charge in [-0.1, -0.05) is 29.8 Å². The van der Waals surface area contributed by atoms with Gasteiger partial charge in [0.1, 0.15) is 16.5 Å². The third-order valence-electron chi connectivity index (χ3n) is 5.22. The summed E-state index contributed by atoms with van der Waals surface area (Å²) in [6.07, 6.45) is 1.12. The monoisotopic (exact) mass is 454 g/mol. The van der Waals surface area contributed by atoms with Crippen LogP contribution in [0.1, 0.15) is 18.4 Å². The highest BCUT2D eigenvalue weighted by atomic mass is 35.5. The molecule has 2 aromatic rings. The highest BCUT2D eigenvalue weighted by Gasteiger charge is 2.36. The molecule has 0 unspecified atom stereocenters. The molecule has 0 aliphatic carbocycles. The summed E-state index contributed by atoms with van der Waals surface area (Å²) in [5.74, 6) is -0.894. The summed E-state index contributed by atoms with van der Waals surface area (Å²) in [7, 11) is -0.901. The summed E-state index contributed by atoms with van der Waals surface area (Å²) >= 11 is 6.00. The number of carbonyl (C=O) groups is 1. The van der Waals surface area contributed by atoms with E-state index < -0.39 is 15.9 Å². The van der Waals surface area contributed by atoms with Crippen LogP contribution in [0.3, 0.4) is 0 Å². The van der Waals surface area contributed by atoms with Gasteiger partial charge in [0, 0.05) is 37.3 Å². The third-order valence-corrected chi connectivity index (χ3v) is 7.34. The van der Waals surface area contributed by atoms with Crippen LogP contribution in [0.2, 0.25) is 5.02 Å². The van der Waals surface area contributed by atoms with Crippen LogP contribution < -0.4 is 4.74 Å². The maximum atomic E-state index is 13.9. The largest absolute Gasteiger partial charge is 0.495 e. The maximum absolute atomic E-state index is 13.9. The lowest BCUT2D eigenvalue weighted by Gasteiger charge is -2.33. The molecule has 0 radical (unpaired) electrons. The van der Waals surface area contributed by atoms with Crippen molar-refractivity contribution >= 4 is 27.5 Å². The van der Waals surface area contributed by atoms with E-state index in [1.807, 2.05) is 0 Å². The van der Waals surface area contributed by atoms with E-state index in [-0.39, 0.29) is 40.5 Å². The van der Waals surface area contributed by atoms with Gasteiger partial charge in [0.25, 0.3) is 0 Å². The number of piperidine rings is 1. The van der Waals surface area contributed by atoms with Gasteiger partial charge in [-0.3, -0.25) is 4.79 Å². The maximum Gasteiger partial charge on any atom is 0.246 e. The van der Waals surface area contributed by atoms with Crippen LogP contribution in [0.15, 0.2) is 47.4 Å². The van der Waals surface area contributed by atoms with Gasteiger partial charge in [-0.15, -0.1) is 0 Å². The Bertz CT molecular complexity index is 1030. The first-order valence-corrected chi connectivity index (χ1v) is 11.4. The molecule has 0 N–H and O–H groups in total. The number of hydrogen-bond acceptors (Lipinski definition) is 4. The second-order valence-corrected chi connectivity index (χ2v) is 9.63. The van der Waals surface area contributed by atoms with E-state index in [2.05, 4.69) is 0 Å². The van der Waals surface area contributed by atoms with Crippen molar-refractivity contribution in [3.05, 3.63) is 58.9 Å². The fourth-order valence-corrected chi connectivity index (χ4v) is 5.57. The van der Waals surface area contributed by atoms with Crippen LogP contribution >= 0.6 is 11.6 Å². The zero-order valence-electron chi connectivity index (χ0n) is 16.8. The van der Waals surface area contributed by atoms with Gasteiger partial charge in [0.05, 0.1) is 13.0 Å². The van der Waals surface area contributed by atoms with Crippen LogP contribution in [0.25, 0.3) is 0 Å². The van der Waals surface area contributed by atoms with Gasteiger partial charge in [0.15, 0.2) is 0 Å². The van der Waals surface area contributed by atoms with Crippen LogP contribution in [-0.2, 0) is 21.4 Å². The molecule has 1 heterocycles. The molecule has 1 aliphatic heterocycles. The second kappa shape index (κ2) is 9.32. The Morgan fingerprint density at radius 2 is 2.03 bits per heavy atom. The Morgan fingerprint density at radius 3 is 2.73 bits per heavy atom. The molecule has 0 bridgehead atoms. The first-order valence-electron chi connectivity index (χ1n) is 9.56. The summed E-state index contributed by atoms with van der Waals surface area (Å²) in [6, 6.07) is 10.7. The zero-order chi connectivity index (χ0) is 21.9. The van der Waals surface area contributed by atoms with Gasteiger partial charge < -0.3 is 9.64 Å². The van der Waals surface area contributed by atoms with Crippen molar-refractivity contribution in [3.8, 4) is 5.75 Å². The van der Waals surface area contributed by atoms with E-state index in [9.17, 15) is 17.6 Å². The molecule has 0 aromatic heterocycles. The molecule has 1 saturated heterocycles. The van der Waals surface area contributed by atoms with E-state index >= 15 is 0 Å². The molecule has 162 valence electrons. The highest BCUT2D eigenvalue weighted by Crippen LogP contribution is 2.32. The number of halogens is 2. The SMILES string of the molecule is COc1ccc(Cl)cc1S(=O)(=O)N1CCC[C@@H](C(=O)N(C)Cc2ccccc2F)C1. The Kier molecular flexibility index (Phi) is 7.00. The van der Waals surface area contributed by atoms with E-state index in [0.717, 1.165) is 0 Å². The zero-order valence-corrected chi connectivity index (χ0v) is 18.4. The standard InChI is InChI=1S/C21H24ClFN2O4S/c1-24(13-15-6-3-4-8-18(15)23)21(26)16-7-5-11-25(14-16)30(27,28)20-12-17(22)9-10-19(20)29-2/h3-4,6,8-10,12,16H,5,7,11,13-14H2,1-2H3/t16-/m1/s1. The number of sulfonamides is 1. The predicted molar refractivity (Wildman–Crippen MR) is 112 cm³/mol. The number of carbonyl (C=O) groups excluding carboxylic acids is 1. The second-order valence-electron chi connectivity index (χ2n) is 7.28. The fourth-order valence-electron chi connectivity index (χ4n) is 3.63. The molecule has 0 saturated carbocycles. The van der Waals surface area contributed by atoms with Gasteiger partial charge in [0.2, 0.25) is 15.9 Å². The van der Waals surface area contributed by atoms with E-state index in [0.29, 0.717) is 24.9 Å². The van der Waals surface area contributed by atoms with Crippen LogP contribution in [0.4, 0.5) is 4.39 Å². The normalized spacial score (nSPS) is 17.5. The van der Waals surface area contributed by atoms with Crippen LogP contribution in [-0.4, -0.2) is 50.8 Å². The van der Waals surface area contributed by atoms with E-state index in [4.69, 9.17) is 16.3 Å². The van der Waals surface area contributed by atoms with Gasteiger partial charge in [-0.05, 0) is 37.1 Å². The van der Waals surface area contributed by atoms with Crippen LogP contribution in [0.5, 0.6) is 5.75 Å². The molecular formula is C21H24ClFN2O4S. The molecule has 2 aromatic carbocycles. The third kappa shape index (κ3) is 4.77. The Hall–Kier alpha value is -2.16. The molecule has 9 heteroatoms. The van der Waals surface area contributed by atoms with Gasteiger partial charge in [-0.25, -0.2) is 12.8 Å². The minimum Gasteiger partial charge on any atom is -0.495 e. The number of amides is 1. The minimum absolute atomic E-state index is 0.0229. The summed E-state index contributed by atoms with van der Waals surface area (Å²) in [6.45, 7) is 0.480. The first-order chi connectivity index (χ1) is 14.2. The predicted octanol–water partition coefficient (Wildman–Crippen LogP) is 3.55. The quantitative estimate of drug-likeness (QED) is 0.669. The van der Waals surface area contributed by atoms with Crippen molar-refractivity contribution in [3.63, 3.8) is 0 Å². The average Bonchev–Trinajstić information content (AvgIpc) is 2.74. The van der Waals surface area contributed by atoms with Gasteiger partial charge >= 0.3 is 0 Å². The van der Waals surface area contributed by atoms with Crippen molar-refractivity contribution in [1.29, 1.82) is 0 Å². The number of hydrogen-bond donors (Lipinski definition) is 0. The topological polar surface area (TPSA) is 66.9 Å². The fraction of sp³-hybridized carbons (Fsp3) is 0.381. The van der Waals surface area contributed by atoms with Crippen molar-refractivity contribution in [2.75, 3.05) is 27.2 Å². The highest BCUT2D eigenvalue weighted by molar-refractivity contribution is 7.89. The lowest BCUT2D eigenvalue weighted by Crippen LogP contribution is -2.45. The molecule has 1 amide bonds. The summed E-state index contributed by atoms with van der Waals surface area (Å²) in [5.41, 5.74) is 0.414. The van der Waals surface area contributed by atoms with Crippen molar-refractivity contribution < 1.29 is 22.3 Å². The first kappa shape index (κ1) is 22.5. The van der Waals surface area contributed by atoms with E-state index in [1.165, 1.54) is 34.5 Å². The average molecular weight is 455 g/mol. The molecule has 1 aliphatic rings. The summed E-state index contributed by atoms with van der Waals surface area (Å²) in [4.78, 5) is 14.4. The number of ether oxygens (including phenoxy) is 1. The molecule has 1 atom stereocenters. The van der Waals surface area contributed by atoms with Crippen molar-refractivity contribution in [2.24, 2.45) is 5.92 Å².